The summed E-state index contributed by atoms with van der Waals surface area (Å²) in [6, 6.07) is 5.00. The van der Waals surface area contributed by atoms with Crippen molar-refractivity contribution in [1.82, 2.24) is 5.32 Å². The highest BCUT2D eigenvalue weighted by Gasteiger charge is 2.31. The Balaban J connectivity index is 2.45. The van der Waals surface area contributed by atoms with E-state index in [1.54, 1.807) is 6.07 Å². The zero-order valence-electron chi connectivity index (χ0n) is 10.1. The summed E-state index contributed by atoms with van der Waals surface area (Å²) in [5.74, 6) is -2.26. The van der Waals surface area contributed by atoms with Crippen LogP contribution in [0.4, 0.5) is 8.78 Å². The smallest absolute Gasteiger partial charge is 0.274 e. The van der Waals surface area contributed by atoms with E-state index in [4.69, 9.17) is 4.74 Å². The predicted octanol–water partition coefficient (Wildman–Crippen LogP) is 2.88. The molecule has 2 rings (SSSR count). The van der Waals surface area contributed by atoms with Crippen LogP contribution < -0.4 is 10.1 Å². The number of ether oxygens (including phenoxy) is 1. The Morgan fingerprint density at radius 3 is 2.71 bits per heavy atom. The summed E-state index contributed by atoms with van der Waals surface area (Å²) in [5.41, 5.74) is 0.862. The van der Waals surface area contributed by atoms with E-state index in [-0.39, 0.29) is 11.5 Å². The van der Waals surface area contributed by atoms with E-state index >= 15 is 0 Å². The molecule has 1 aliphatic rings. The molecule has 0 saturated carbocycles. The zero-order valence-corrected chi connectivity index (χ0v) is 10.1. The van der Waals surface area contributed by atoms with Gasteiger partial charge in [0, 0.05) is 19.4 Å². The monoisotopic (exact) mass is 241 g/mol. The number of para-hydroxylation sites is 1. The number of halogens is 2. The van der Waals surface area contributed by atoms with Gasteiger partial charge >= 0.3 is 0 Å². The summed E-state index contributed by atoms with van der Waals surface area (Å²) in [5, 5.41) is 3.24. The molecular weight excluding hydrogens is 224 g/mol. The van der Waals surface area contributed by atoms with Crippen molar-refractivity contribution < 1.29 is 13.5 Å². The van der Waals surface area contributed by atoms with Gasteiger partial charge in [0.05, 0.1) is 12.7 Å². The van der Waals surface area contributed by atoms with Crippen molar-refractivity contribution in [2.75, 3.05) is 20.2 Å². The summed E-state index contributed by atoms with van der Waals surface area (Å²) in [6.45, 7) is 2.66. The molecule has 0 radical (unpaired) electrons. The molecule has 17 heavy (non-hydrogen) atoms. The molecule has 1 fully saturated rings. The topological polar surface area (TPSA) is 21.3 Å². The molecule has 1 aliphatic heterocycles. The van der Waals surface area contributed by atoms with Gasteiger partial charge in [-0.05, 0) is 24.6 Å². The van der Waals surface area contributed by atoms with Crippen molar-refractivity contribution in [2.24, 2.45) is 0 Å². The van der Waals surface area contributed by atoms with E-state index < -0.39 is 5.92 Å². The van der Waals surface area contributed by atoms with Crippen molar-refractivity contribution in [2.45, 2.75) is 25.2 Å². The highest BCUT2D eigenvalue weighted by Crippen LogP contribution is 2.40. The largest absolute Gasteiger partial charge is 0.496 e. The van der Waals surface area contributed by atoms with Gasteiger partial charge in [-0.15, -0.1) is 0 Å². The first-order valence-electron chi connectivity index (χ1n) is 5.80. The lowest BCUT2D eigenvalue weighted by Crippen LogP contribution is -2.13. The maximum atomic E-state index is 13.5. The number of rotatable bonds is 3. The molecule has 1 atom stereocenters. The van der Waals surface area contributed by atoms with Crippen molar-refractivity contribution in [1.29, 1.82) is 0 Å². The molecule has 1 aromatic carbocycles. The number of hydrogen-bond donors (Lipinski definition) is 1. The molecule has 1 heterocycles. The third-order valence-electron chi connectivity index (χ3n) is 3.22. The number of benzene rings is 1. The molecule has 94 valence electrons. The Labute approximate surface area is 100.0 Å². The molecule has 1 N–H and O–H groups in total. The second kappa shape index (κ2) is 4.61. The molecule has 0 aromatic heterocycles. The first kappa shape index (κ1) is 12.3. The van der Waals surface area contributed by atoms with E-state index in [0.717, 1.165) is 32.0 Å². The number of methoxy groups -OCH3 is 1. The van der Waals surface area contributed by atoms with Gasteiger partial charge in [0.15, 0.2) is 0 Å². The lowest BCUT2D eigenvalue weighted by atomic mass is 9.93. The Bertz CT molecular complexity index is 395. The van der Waals surface area contributed by atoms with Crippen molar-refractivity contribution >= 4 is 0 Å². The predicted molar refractivity (Wildman–Crippen MR) is 62.8 cm³/mol. The van der Waals surface area contributed by atoms with Crippen molar-refractivity contribution in [3.05, 3.63) is 29.3 Å². The van der Waals surface area contributed by atoms with Gasteiger partial charge < -0.3 is 10.1 Å². The second-order valence-electron chi connectivity index (χ2n) is 4.51. The van der Waals surface area contributed by atoms with Crippen molar-refractivity contribution in [3.8, 4) is 5.75 Å². The van der Waals surface area contributed by atoms with Crippen LogP contribution in [0.2, 0.25) is 0 Å². The number of hydrogen-bond acceptors (Lipinski definition) is 2. The minimum Gasteiger partial charge on any atom is -0.496 e. The van der Waals surface area contributed by atoms with Crippen LogP contribution in [0.5, 0.6) is 5.75 Å². The Hall–Kier alpha value is -1.16. The molecule has 0 amide bonds. The molecule has 0 aliphatic carbocycles. The normalized spacial score (nSPS) is 20.6. The van der Waals surface area contributed by atoms with Gasteiger partial charge in [-0.25, -0.2) is 8.78 Å². The van der Waals surface area contributed by atoms with Crippen molar-refractivity contribution in [3.63, 3.8) is 0 Å². The second-order valence-corrected chi connectivity index (χ2v) is 4.51. The molecule has 1 aromatic rings. The molecule has 0 spiro atoms. The minimum absolute atomic E-state index is 0.0237. The van der Waals surface area contributed by atoms with E-state index in [0.29, 0.717) is 5.75 Å². The van der Waals surface area contributed by atoms with Crippen LogP contribution >= 0.6 is 0 Å². The van der Waals surface area contributed by atoms with Crippen LogP contribution in [-0.2, 0) is 5.92 Å². The first-order valence-corrected chi connectivity index (χ1v) is 5.80. The molecule has 0 bridgehead atoms. The van der Waals surface area contributed by atoms with Gasteiger partial charge in [0.1, 0.15) is 5.75 Å². The highest BCUT2D eigenvalue weighted by atomic mass is 19.3. The number of nitrogens with one attached hydrogen (secondary N) is 1. The Kier molecular flexibility index (Phi) is 3.33. The average molecular weight is 241 g/mol. The third kappa shape index (κ3) is 2.41. The van der Waals surface area contributed by atoms with Gasteiger partial charge in [-0.2, -0.15) is 0 Å². The summed E-state index contributed by atoms with van der Waals surface area (Å²) in [7, 11) is 1.45. The lowest BCUT2D eigenvalue weighted by Gasteiger charge is -2.20. The fourth-order valence-electron chi connectivity index (χ4n) is 2.37. The fourth-order valence-corrected chi connectivity index (χ4v) is 2.37. The Morgan fingerprint density at radius 1 is 1.41 bits per heavy atom. The zero-order chi connectivity index (χ0) is 12.5. The van der Waals surface area contributed by atoms with Gasteiger partial charge in [-0.3, -0.25) is 0 Å². The summed E-state index contributed by atoms with van der Waals surface area (Å²) in [4.78, 5) is 0. The molecular formula is C13H17F2NO. The van der Waals surface area contributed by atoms with Crippen LogP contribution in [0.25, 0.3) is 0 Å². The quantitative estimate of drug-likeness (QED) is 0.878. The SMILES string of the molecule is COc1c(C2CCNC2)cccc1C(C)(F)F. The van der Waals surface area contributed by atoms with E-state index in [1.807, 2.05) is 6.07 Å². The number of alkyl halides is 2. The fraction of sp³-hybridized carbons (Fsp3) is 0.538. The van der Waals surface area contributed by atoms with E-state index in [1.165, 1.54) is 13.2 Å². The molecule has 1 unspecified atom stereocenters. The van der Waals surface area contributed by atoms with Gasteiger partial charge in [-0.1, -0.05) is 12.1 Å². The minimum atomic E-state index is -2.87. The van der Waals surface area contributed by atoms with Crippen LogP contribution in [0.1, 0.15) is 30.4 Å². The van der Waals surface area contributed by atoms with E-state index in [2.05, 4.69) is 5.32 Å². The molecule has 2 nitrogen and oxygen atoms in total. The lowest BCUT2D eigenvalue weighted by molar-refractivity contribution is 0.0149. The van der Waals surface area contributed by atoms with Gasteiger partial charge in [0.2, 0.25) is 0 Å². The third-order valence-corrected chi connectivity index (χ3v) is 3.22. The maximum absolute atomic E-state index is 13.5. The molecule has 4 heteroatoms. The van der Waals surface area contributed by atoms with Gasteiger partial charge in [0.25, 0.3) is 5.92 Å². The summed E-state index contributed by atoms with van der Waals surface area (Å²) >= 11 is 0. The summed E-state index contributed by atoms with van der Waals surface area (Å²) < 4.78 is 32.2. The van der Waals surface area contributed by atoms with Crippen LogP contribution in [0.3, 0.4) is 0 Å². The van der Waals surface area contributed by atoms with E-state index in [9.17, 15) is 8.78 Å². The average Bonchev–Trinajstić information content (AvgIpc) is 2.80. The Morgan fingerprint density at radius 2 is 2.18 bits per heavy atom. The highest BCUT2D eigenvalue weighted by molar-refractivity contribution is 5.46. The standard InChI is InChI=1S/C13H17F2NO/c1-13(14,15)11-5-3-4-10(12(11)17-2)9-6-7-16-8-9/h3-5,9,16H,6-8H2,1-2H3. The van der Waals surface area contributed by atoms with Crippen LogP contribution in [0.15, 0.2) is 18.2 Å². The van der Waals surface area contributed by atoms with Crippen LogP contribution in [-0.4, -0.2) is 20.2 Å². The van der Waals surface area contributed by atoms with Crippen LogP contribution in [0, 0.1) is 0 Å². The first-order chi connectivity index (χ1) is 8.04. The summed E-state index contributed by atoms with van der Waals surface area (Å²) in [6.07, 6.45) is 0.967. The maximum Gasteiger partial charge on any atom is 0.274 e. The molecule has 1 saturated heterocycles.